The monoisotopic (exact) mass is 180 g/mol. The molecule has 0 bridgehead atoms. The quantitative estimate of drug-likeness (QED) is 0.540. The van der Waals surface area contributed by atoms with Crippen molar-refractivity contribution >= 4 is 5.91 Å². The van der Waals surface area contributed by atoms with Crippen LogP contribution in [0.25, 0.3) is 0 Å². The van der Waals surface area contributed by atoms with Gasteiger partial charge in [0.1, 0.15) is 0 Å². The fourth-order valence-corrected chi connectivity index (χ4v) is 3.25. The lowest BCUT2D eigenvalue weighted by molar-refractivity contribution is -0.139. The van der Waals surface area contributed by atoms with E-state index in [1.807, 2.05) is 0 Å². The lowest BCUT2D eigenvalue weighted by Crippen LogP contribution is -2.57. The van der Waals surface area contributed by atoms with Gasteiger partial charge in [0.2, 0.25) is 5.91 Å². The number of fused-ring (bicyclic) bond motifs is 3. The predicted molar refractivity (Wildman–Crippen MR) is 49.3 cm³/mol. The summed E-state index contributed by atoms with van der Waals surface area (Å²) in [6.07, 6.45) is 5.07. The zero-order chi connectivity index (χ0) is 8.84. The Labute approximate surface area is 78.7 Å². The highest BCUT2D eigenvalue weighted by molar-refractivity contribution is 5.80. The van der Waals surface area contributed by atoms with Crippen LogP contribution in [-0.4, -0.2) is 47.4 Å². The van der Waals surface area contributed by atoms with Crippen LogP contribution in [0.1, 0.15) is 25.7 Å². The van der Waals surface area contributed by atoms with E-state index in [4.69, 9.17) is 0 Å². The van der Waals surface area contributed by atoms with Crippen molar-refractivity contribution in [2.45, 2.75) is 37.8 Å². The smallest absolute Gasteiger partial charge is 0.237 e. The standard InChI is InChI=1S/C10H16N2O/c13-10-7-11-5-1-3-8(11)9-4-2-6-12(9)10/h8-9H,1-7H2. The van der Waals surface area contributed by atoms with Crippen LogP contribution in [-0.2, 0) is 4.79 Å². The highest BCUT2D eigenvalue weighted by atomic mass is 16.2. The van der Waals surface area contributed by atoms with Crippen LogP contribution in [0.4, 0.5) is 0 Å². The second kappa shape index (κ2) is 2.71. The first kappa shape index (κ1) is 7.80. The molecule has 0 aromatic carbocycles. The Kier molecular flexibility index (Phi) is 1.62. The SMILES string of the molecule is O=C1CN2CCCC2C2CCCN12. The second-order valence-electron chi connectivity index (χ2n) is 4.48. The molecule has 72 valence electrons. The van der Waals surface area contributed by atoms with Gasteiger partial charge in [-0.15, -0.1) is 0 Å². The lowest BCUT2D eigenvalue weighted by atomic mass is 10.0. The Morgan fingerprint density at radius 3 is 2.77 bits per heavy atom. The molecule has 3 fully saturated rings. The molecule has 3 nitrogen and oxygen atoms in total. The van der Waals surface area contributed by atoms with Crippen LogP contribution in [0.2, 0.25) is 0 Å². The van der Waals surface area contributed by atoms with Crippen molar-refractivity contribution < 1.29 is 4.79 Å². The third-order valence-electron chi connectivity index (χ3n) is 3.82. The number of piperazine rings is 1. The van der Waals surface area contributed by atoms with Gasteiger partial charge >= 0.3 is 0 Å². The topological polar surface area (TPSA) is 23.6 Å². The average molecular weight is 180 g/mol. The van der Waals surface area contributed by atoms with E-state index >= 15 is 0 Å². The summed E-state index contributed by atoms with van der Waals surface area (Å²) in [6, 6.07) is 1.28. The van der Waals surface area contributed by atoms with Gasteiger partial charge in [0.25, 0.3) is 0 Å². The minimum absolute atomic E-state index is 0.376. The van der Waals surface area contributed by atoms with Gasteiger partial charge in [0.15, 0.2) is 0 Å². The van der Waals surface area contributed by atoms with Crippen LogP contribution in [0.15, 0.2) is 0 Å². The maximum absolute atomic E-state index is 11.7. The molecule has 3 aliphatic heterocycles. The van der Waals surface area contributed by atoms with Gasteiger partial charge in [-0.2, -0.15) is 0 Å². The fraction of sp³-hybridized carbons (Fsp3) is 0.900. The van der Waals surface area contributed by atoms with Crippen molar-refractivity contribution in [1.29, 1.82) is 0 Å². The van der Waals surface area contributed by atoms with E-state index in [9.17, 15) is 4.79 Å². The summed E-state index contributed by atoms with van der Waals surface area (Å²) in [7, 11) is 0. The number of carbonyl (C=O) groups is 1. The Morgan fingerprint density at radius 1 is 1.08 bits per heavy atom. The van der Waals surface area contributed by atoms with Crippen LogP contribution in [0.5, 0.6) is 0 Å². The number of rotatable bonds is 0. The number of hydrogen-bond donors (Lipinski definition) is 0. The minimum atomic E-state index is 0.376. The molecule has 0 aromatic heterocycles. The summed E-state index contributed by atoms with van der Waals surface area (Å²) >= 11 is 0. The molecular formula is C10H16N2O. The van der Waals surface area contributed by atoms with Crippen molar-refractivity contribution in [2.75, 3.05) is 19.6 Å². The number of hydrogen-bond acceptors (Lipinski definition) is 2. The summed E-state index contributed by atoms with van der Waals surface area (Å²) in [6.45, 7) is 2.87. The zero-order valence-corrected chi connectivity index (χ0v) is 7.91. The third kappa shape index (κ3) is 1.03. The van der Waals surface area contributed by atoms with E-state index in [2.05, 4.69) is 9.80 Å². The first-order chi connectivity index (χ1) is 6.36. The Bertz CT molecular complexity index is 241. The molecule has 3 rings (SSSR count). The van der Waals surface area contributed by atoms with E-state index in [1.165, 1.54) is 25.7 Å². The van der Waals surface area contributed by atoms with E-state index in [0.29, 0.717) is 24.5 Å². The molecule has 3 heteroatoms. The van der Waals surface area contributed by atoms with Crippen LogP contribution in [0.3, 0.4) is 0 Å². The van der Waals surface area contributed by atoms with Gasteiger partial charge < -0.3 is 4.90 Å². The van der Waals surface area contributed by atoms with Gasteiger partial charge in [-0.3, -0.25) is 9.69 Å². The van der Waals surface area contributed by atoms with E-state index < -0.39 is 0 Å². The molecule has 13 heavy (non-hydrogen) atoms. The molecular weight excluding hydrogens is 164 g/mol. The summed E-state index contributed by atoms with van der Waals surface area (Å²) < 4.78 is 0. The Balaban J connectivity index is 1.88. The van der Waals surface area contributed by atoms with Crippen molar-refractivity contribution in [3.63, 3.8) is 0 Å². The molecule has 3 saturated heterocycles. The van der Waals surface area contributed by atoms with Crippen molar-refractivity contribution in [3.05, 3.63) is 0 Å². The van der Waals surface area contributed by atoms with E-state index in [-0.39, 0.29) is 0 Å². The number of amides is 1. The van der Waals surface area contributed by atoms with Gasteiger partial charge in [-0.05, 0) is 32.2 Å². The summed E-state index contributed by atoms with van der Waals surface area (Å²) in [4.78, 5) is 16.2. The summed E-state index contributed by atoms with van der Waals surface area (Å²) in [5, 5.41) is 0. The molecule has 0 aliphatic carbocycles. The largest absolute Gasteiger partial charge is 0.337 e. The summed E-state index contributed by atoms with van der Waals surface area (Å²) in [5.41, 5.74) is 0. The number of nitrogens with zero attached hydrogens (tertiary/aromatic N) is 2. The van der Waals surface area contributed by atoms with Crippen molar-refractivity contribution in [1.82, 2.24) is 9.80 Å². The normalized spacial score (nSPS) is 39.4. The molecule has 3 heterocycles. The van der Waals surface area contributed by atoms with Crippen molar-refractivity contribution in [3.8, 4) is 0 Å². The molecule has 0 aromatic rings. The van der Waals surface area contributed by atoms with Crippen LogP contribution in [0, 0.1) is 0 Å². The first-order valence-electron chi connectivity index (χ1n) is 5.40. The van der Waals surface area contributed by atoms with Gasteiger partial charge in [0.05, 0.1) is 6.54 Å². The van der Waals surface area contributed by atoms with Gasteiger partial charge in [0, 0.05) is 18.6 Å². The highest BCUT2D eigenvalue weighted by Crippen LogP contribution is 2.33. The Morgan fingerprint density at radius 2 is 1.85 bits per heavy atom. The first-order valence-corrected chi connectivity index (χ1v) is 5.40. The summed E-state index contributed by atoms with van der Waals surface area (Å²) in [5.74, 6) is 0.376. The minimum Gasteiger partial charge on any atom is -0.337 e. The second-order valence-corrected chi connectivity index (χ2v) is 4.48. The maximum atomic E-state index is 11.7. The molecule has 0 saturated carbocycles. The van der Waals surface area contributed by atoms with Crippen LogP contribution < -0.4 is 0 Å². The predicted octanol–water partition coefficient (Wildman–Crippen LogP) is 0.455. The molecule has 1 amide bonds. The maximum Gasteiger partial charge on any atom is 0.237 e. The van der Waals surface area contributed by atoms with Gasteiger partial charge in [-0.25, -0.2) is 0 Å². The van der Waals surface area contributed by atoms with E-state index in [0.717, 1.165) is 13.1 Å². The van der Waals surface area contributed by atoms with E-state index in [1.54, 1.807) is 0 Å². The Hall–Kier alpha value is -0.570. The van der Waals surface area contributed by atoms with Crippen molar-refractivity contribution in [2.24, 2.45) is 0 Å². The average Bonchev–Trinajstić information content (AvgIpc) is 2.66. The zero-order valence-electron chi connectivity index (χ0n) is 7.91. The molecule has 2 unspecified atom stereocenters. The molecule has 0 spiro atoms. The molecule has 0 N–H and O–H groups in total. The molecule has 3 aliphatic rings. The fourth-order valence-electron chi connectivity index (χ4n) is 3.25. The van der Waals surface area contributed by atoms with Crippen LogP contribution >= 0.6 is 0 Å². The molecule has 2 atom stereocenters. The third-order valence-corrected chi connectivity index (χ3v) is 3.82. The number of carbonyl (C=O) groups excluding carboxylic acids is 1. The molecule has 0 radical (unpaired) electrons. The lowest BCUT2D eigenvalue weighted by Gasteiger charge is -2.40. The highest BCUT2D eigenvalue weighted by Gasteiger charge is 2.44. The van der Waals surface area contributed by atoms with Gasteiger partial charge in [-0.1, -0.05) is 0 Å².